The van der Waals surface area contributed by atoms with Crippen molar-refractivity contribution < 1.29 is 9.47 Å². The molecule has 0 unspecified atom stereocenters. The molecule has 4 aromatic rings. The van der Waals surface area contributed by atoms with Crippen LogP contribution in [0.4, 0.5) is 0 Å². The lowest BCUT2D eigenvalue weighted by atomic mass is 10.0. The first kappa shape index (κ1) is 20.2. The minimum absolute atomic E-state index is 0.245. The number of rotatable bonds is 5. The van der Waals surface area contributed by atoms with E-state index in [-0.39, 0.29) is 5.60 Å². The molecule has 0 spiro atoms. The second-order valence-electron chi connectivity index (χ2n) is 9.48. The van der Waals surface area contributed by atoms with Crippen LogP contribution in [-0.4, -0.2) is 25.7 Å². The minimum Gasteiger partial charge on any atom is -0.488 e. The molecule has 2 aromatic carbocycles. The number of ether oxygens (including phenoxy) is 2. The van der Waals surface area contributed by atoms with E-state index in [0.717, 1.165) is 28.2 Å². The van der Waals surface area contributed by atoms with E-state index in [9.17, 15) is 0 Å². The lowest BCUT2D eigenvalue weighted by Crippen LogP contribution is -2.31. The molecule has 0 radical (unpaired) electrons. The van der Waals surface area contributed by atoms with E-state index in [4.69, 9.17) is 14.5 Å². The average molecular weight is 404 g/mol. The van der Waals surface area contributed by atoms with Gasteiger partial charge in [0.2, 0.25) is 0 Å². The summed E-state index contributed by atoms with van der Waals surface area (Å²) < 4.78 is 14.3. The van der Waals surface area contributed by atoms with Crippen molar-refractivity contribution in [2.45, 2.75) is 52.2 Å². The Labute approximate surface area is 177 Å². The van der Waals surface area contributed by atoms with Gasteiger partial charge >= 0.3 is 0 Å². The van der Waals surface area contributed by atoms with Crippen molar-refractivity contribution in [1.82, 2.24) is 14.5 Å². The van der Waals surface area contributed by atoms with Crippen molar-refractivity contribution in [2.24, 2.45) is 7.05 Å². The lowest BCUT2D eigenvalue weighted by Gasteiger charge is -2.26. The number of fused-ring (bicyclic) bond motifs is 2. The molecular weight excluding hydrogens is 374 g/mol. The predicted octanol–water partition coefficient (Wildman–Crippen LogP) is 5.70. The zero-order chi connectivity index (χ0) is 21.5. The zero-order valence-electron chi connectivity index (χ0n) is 18.6. The first-order valence-corrected chi connectivity index (χ1v) is 10.3. The standard InChI is InChI=1S/C25H29N3O2/c1-24(2,3)29-21-9-10-22-23(12-21)26-14-19(27-22)13-25(4,5)30-20-8-7-17-15-28(6)16-18(17)11-20/h7-12,14-16H,13H2,1-6H3. The highest BCUT2D eigenvalue weighted by molar-refractivity contribution is 5.83. The molecule has 0 fully saturated rings. The number of benzene rings is 2. The van der Waals surface area contributed by atoms with Crippen molar-refractivity contribution in [2.75, 3.05) is 0 Å². The van der Waals surface area contributed by atoms with Crippen LogP contribution in [0, 0.1) is 0 Å². The molecule has 0 saturated carbocycles. The van der Waals surface area contributed by atoms with Gasteiger partial charge in [-0.05, 0) is 70.3 Å². The molecule has 0 bridgehead atoms. The second-order valence-corrected chi connectivity index (χ2v) is 9.48. The number of aromatic nitrogens is 3. The third-order valence-corrected chi connectivity index (χ3v) is 4.73. The lowest BCUT2D eigenvalue weighted by molar-refractivity contribution is 0.109. The quantitative estimate of drug-likeness (QED) is 0.429. The van der Waals surface area contributed by atoms with Crippen LogP contribution in [0.3, 0.4) is 0 Å². The summed E-state index contributed by atoms with van der Waals surface area (Å²) in [7, 11) is 2.03. The Balaban J connectivity index is 1.51. The van der Waals surface area contributed by atoms with Gasteiger partial charge in [-0.2, -0.15) is 0 Å². The molecule has 0 atom stereocenters. The Hall–Kier alpha value is -3.08. The largest absolute Gasteiger partial charge is 0.488 e. The van der Waals surface area contributed by atoms with Gasteiger partial charge in [0.15, 0.2) is 0 Å². The van der Waals surface area contributed by atoms with Gasteiger partial charge in [0.25, 0.3) is 0 Å². The molecule has 0 aliphatic rings. The number of hydrogen-bond acceptors (Lipinski definition) is 4. The first-order valence-electron chi connectivity index (χ1n) is 10.3. The summed E-state index contributed by atoms with van der Waals surface area (Å²) in [6.45, 7) is 10.2. The van der Waals surface area contributed by atoms with Crippen molar-refractivity contribution in [3.8, 4) is 11.5 Å². The van der Waals surface area contributed by atoms with E-state index >= 15 is 0 Å². The van der Waals surface area contributed by atoms with E-state index in [0.29, 0.717) is 6.42 Å². The molecule has 0 aliphatic heterocycles. The summed E-state index contributed by atoms with van der Waals surface area (Å²) in [5, 5.41) is 2.38. The smallest absolute Gasteiger partial charge is 0.122 e. The SMILES string of the molecule is Cn1cc2ccc(OC(C)(C)Cc3cnc4cc(OC(C)(C)C)ccc4n3)cc2c1. The van der Waals surface area contributed by atoms with Gasteiger partial charge in [0, 0.05) is 43.5 Å². The summed E-state index contributed by atoms with van der Waals surface area (Å²) in [6.07, 6.45) is 6.69. The van der Waals surface area contributed by atoms with Crippen LogP contribution in [0.1, 0.15) is 40.3 Å². The Morgan fingerprint density at radius 1 is 0.833 bits per heavy atom. The molecule has 0 amide bonds. The van der Waals surface area contributed by atoms with E-state index in [2.05, 4.69) is 47.9 Å². The zero-order valence-corrected chi connectivity index (χ0v) is 18.6. The average Bonchev–Trinajstić information content (AvgIpc) is 2.99. The number of nitrogens with zero attached hydrogens (tertiary/aromatic N) is 3. The molecule has 0 N–H and O–H groups in total. The minimum atomic E-state index is -0.417. The third-order valence-electron chi connectivity index (χ3n) is 4.73. The second kappa shape index (κ2) is 7.31. The number of aryl methyl sites for hydroxylation is 1. The van der Waals surface area contributed by atoms with Gasteiger partial charge in [0.1, 0.15) is 22.7 Å². The van der Waals surface area contributed by atoms with Gasteiger partial charge in [-0.1, -0.05) is 0 Å². The maximum Gasteiger partial charge on any atom is 0.122 e. The van der Waals surface area contributed by atoms with Crippen molar-refractivity contribution in [3.63, 3.8) is 0 Å². The summed E-state index contributed by atoms with van der Waals surface area (Å²) in [5.41, 5.74) is 1.92. The summed E-state index contributed by atoms with van der Waals surface area (Å²) in [4.78, 5) is 9.40. The topological polar surface area (TPSA) is 49.2 Å². The monoisotopic (exact) mass is 403 g/mol. The van der Waals surface area contributed by atoms with E-state index < -0.39 is 5.60 Å². The van der Waals surface area contributed by atoms with Gasteiger partial charge in [-0.15, -0.1) is 0 Å². The van der Waals surface area contributed by atoms with Crippen LogP contribution < -0.4 is 9.47 Å². The third kappa shape index (κ3) is 4.73. The fourth-order valence-electron chi connectivity index (χ4n) is 3.64. The molecule has 2 heterocycles. The molecular formula is C25H29N3O2. The van der Waals surface area contributed by atoms with Crippen LogP contribution in [0.5, 0.6) is 11.5 Å². The van der Waals surface area contributed by atoms with E-state index in [1.54, 1.807) is 0 Å². The fraction of sp³-hybridized carbons (Fsp3) is 0.360. The maximum atomic E-state index is 6.31. The van der Waals surface area contributed by atoms with E-state index in [1.807, 2.05) is 58.3 Å². The van der Waals surface area contributed by atoms with Crippen molar-refractivity contribution in [3.05, 3.63) is 60.7 Å². The Morgan fingerprint density at radius 2 is 1.53 bits per heavy atom. The predicted molar refractivity (Wildman–Crippen MR) is 121 cm³/mol. The summed E-state index contributed by atoms with van der Waals surface area (Å²) in [6, 6.07) is 12.0. The fourth-order valence-corrected chi connectivity index (χ4v) is 3.64. The first-order chi connectivity index (χ1) is 14.1. The molecule has 5 nitrogen and oxygen atoms in total. The van der Waals surface area contributed by atoms with Crippen LogP contribution >= 0.6 is 0 Å². The molecule has 0 aliphatic carbocycles. The Bertz CT molecular complexity index is 1200. The summed E-state index contributed by atoms with van der Waals surface area (Å²) >= 11 is 0. The molecule has 2 aromatic heterocycles. The summed E-state index contributed by atoms with van der Waals surface area (Å²) in [5.74, 6) is 1.66. The van der Waals surface area contributed by atoms with Gasteiger partial charge < -0.3 is 14.0 Å². The van der Waals surface area contributed by atoms with E-state index in [1.165, 1.54) is 10.8 Å². The molecule has 0 saturated heterocycles. The van der Waals surface area contributed by atoms with Crippen LogP contribution in [-0.2, 0) is 13.5 Å². The van der Waals surface area contributed by atoms with Crippen molar-refractivity contribution >= 4 is 21.8 Å². The maximum absolute atomic E-state index is 6.31. The molecule has 5 heteroatoms. The van der Waals surface area contributed by atoms with Crippen LogP contribution in [0.15, 0.2) is 55.0 Å². The highest BCUT2D eigenvalue weighted by Crippen LogP contribution is 2.27. The Morgan fingerprint density at radius 3 is 2.30 bits per heavy atom. The van der Waals surface area contributed by atoms with Gasteiger partial charge in [-0.3, -0.25) is 4.98 Å². The molecule has 4 rings (SSSR count). The number of hydrogen-bond donors (Lipinski definition) is 0. The highest BCUT2D eigenvalue weighted by Gasteiger charge is 2.22. The molecule has 30 heavy (non-hydrogen) atoms. The van der Waals surface area contributed by atoms with Crippen molar-refractivity contribution in [1.29, 1.82) is 0 Å². The Kier molecular flexibility index (Phi) is 4.92. The van der Waals surface area contributed by atoms with Gasteiger partial charge in [-0.25, -0.2) is 4.98 Å². The van der Waals surface area contributed by atoms with Gasteiger partial charge in [0.05, 0.1) is 16.7 Å². The normalized spacial score (nSPS) is 12.5. The molecule has 156 valence electrons. The van der Waals surface area contributed by atoms with Crippen LogP contribution in [0.25, 0.3) is 21.8 Å². The van der Waals surface area contributed by atoms with Crippen LogP contribution in [0.2, 0.25) is 0 Å². The highest BCUT2D eigenvalue weighted by atomic mass is 16.5.